The molecule has 0 unspecified atom stereocenters. The molecule has 3 rings (SSSR count). The van der Waals surface area contributed by atoms with Crippen molar-refractivity contribution in [2.45, 2.75) is 6.54 Å². The smallest absolute Gasteiger partial charge is 0.269 e. The van der Waals surface area contributed by atoms with Gasteiger partial charge in [-0.3, -0.25) is 9.36 Å². The molecule has 138 valence electrons. The van der Waals surface area contributed by atoms with Gasteiger partial charge in [0, 0.05) is 5.56 Å². The average molecular weight is 397 g/mol. The van der Waals surface area contributed by atoms with E-state index in [1.165, 1.54) is 30.3 Å². The maximum Gasteiger partial charge on any atom is 0.269 e. The van der Waals surface area contributed by atoms with E-state index in [0.717, 1.165) is 34.1 Å². The second kappa shape index (κ2) is 7.95. The molecule has 0 aliphatic heterocycles. The van der Waals surface area contributed by atoms with E-state index in [9.17, 15) is 28.5 Å². The van der Waals surface area contributed by atoms with Crippen molar-refractivity contribution < 1.29 is 13.2 Å². The molecule has 3 aromatic rings. The van der Waals surface area contributed by atoms with Crippen molar-refractivity contribution in [1.29, 1.82) is 10.5 Å². The Balaban J connectivity index is 2.29. The van der Waals surface area contributed by atoms with E-state index in [0.29, 0.717) is 5.56 Å². The fourth-order valence-electron chi connectivity index (χ4n) is 2.52. The lowest BCUT2D eigenvalue weighted by molar-refractivity contribution is 0.578. The monoisotopic (exact) mass is 397 g/mol. The highest BCUT2D eigenvalue weighted by atomic mass is 32.1. The summed E-state index contributed by atoms with van der Waals surface area (Å²) in [6, 6.07) is 12.1. The lowest BCUT2D eigenvalue weighted by Gasteiger charge is -2.02. The van der Waals surface area contributed by atoms with E-state index in [4.69, 9.17) is 0 Å². The van der Waals surface area contributed by atoms with E-state index in [2.05, 4.69) is 0 Å². The summed E-state index contributed by atoms with van der Waals surface area (Å²) in [6.07, 6.45) is 1.05. The molecular weight excluding hydrogens is 387 g/mol. The molecule has 0 amide bonds. The van der Waals surface area contributed by atoms with Crippen LogP contribution in [0.2, 0.25) is 0 Å². The maximum absolute atomic E-state index is 13.9. The molecule has 0 radical (unpaired) electrons. The van der Waals surface area contributed by atoms with Crippen LogP contribution in [-0.4, -0.2) is 4.57 Å². The summed E-state index contributed by atoms with van der Waals surface area (Å²) >= 11 is 0.783. The molecule has 2 aromatic carbocycles. The van der Waals surface area contributed by atoms with Crippen molar-refractivity contribution in [2.24, 2.45) is 0 Å². The summed E-state index contributed by atoms with van der Waals surface area (Å²) in [4.78, 5) is 12.8. The number of halogens is 3. The van der Waals surface area contributed by atoms with E-state index in [1.54, 1.807) is 12.1 Å². The SMILES string of the molecule is N#CC(C#N)=c1s/c(=C/c2c(F)cccc2F)c(=O)n1Cc1ccc(F)cc1. The van der Waals surface area contributed by atoms with Crippen molar-refractivity contribution in [3.8, 4) is 12.1 Å². The minimum atomic E-state index is -0.843. The first-order valence-electron chi connectivity index (χ1n) is 7.89. The van der Waals surface area contributed by atoms with Crippen molar-refractivity contribution in [2.75, 3.05) is 0 Å². The number of nitrogens with zero attached hydrogens (tertiary/aromatic N) is 3. The molecular formula is C20H10F3N3OS. The lowest BCUT2D eigenvalue weighted by Crippen LogP contribution is -2.32. The number of benzene rings is 2. The molecule has 28 heavy (non-hydrogen) atoms. The van der Waals surface area contributed by atoms with Crippen molar-refractivity contribution >= 4 is 23.0 Å². The molecule has 0 bridgehead atoms. The molecule has 0 saturated carbocycles. The van der Waals surface area contributed by atoms with Crippen molar-refractivity contribution in [3.63, 3.8) is 0 Å². The van der Waals surface area contributed by atoms with Crippen LogP contribution < -0.4 is 14.8 Å². The molecule has 1 aromatic heterocycles. The molecule has 0 aliphatic carbocycles. The van der Waals surface area contributed by atoms with Crippen LogP contribution in [0.3, 0.4) is 0 Å². The van der Waals surface area contributed by atoms with E-state index < -0.39 is 28.6 Å². The number of nitriles is 2. The van der Waals surface area contributed by atoms with Crippen LogP contribution in [0.4, 0.5) is 13.2 Å². The Kier molecular flexibility index (Phi) is 5.44. The zero-order valence-electron chi connectivity index (χ0n) is 14.1. The van der Waals surface area contributed by atoms with Gasteiger partial charge in [0.1, 0.15) is 34.3 Å². The van der Waals surface area contributed by atoms with Crippen molar-refractivity contribution in [3.05, 3.63) is 90.6 Å². The first-order valence-corrected chi connectivity index (χ1v) is 8.70. The van der Waals surface area contributed by atoms with Crippen LogP contribution in [0.1, 0.15) is 11.1 Å². The Hall–Kier alpha value is -3.62. The van der Waals surface area contributed by atoms with Gasteiger partial charge in [-0.25, -0.2) is 13.2 Å². The van der Waals surface area contributed by atoms with Gasteiger partial charge in [-0.15, -0.1) is 11.3 Å². The van der Waals surface area contributed by atoms with Gasteiger partial charge in [0.25, 0.3) is 5.56 Å². The minimum Gasteiger partial charge on any atom is -0.293 e. The molecule has 1 heterocycles. The molecule has 0 fully saturated rings. The first kappa shape index (κ1) is 19.2. The van der Waals surface area contributed by atoms with E-state index in [-0.39, 0.29) is 21.3 Å². The second-order valence-electron chi connectivity index (χ2n) is 5.67. The van der Waals surface area contributed by atoms with Crippen LogP contribution in [0.25, 0.3) is 11.6 Å². The third kappa shape index (κ3) is 3.73. The van der Waals surface area contributed by atoms with Gasteiger partial charge in [-0.05, 0) is 35.9 Å². The van der Waals surface area contributed by atoms with Gasteiger partial charge >= 0.3 is 0 Å². The molecule has 0 spiro atoms. The van der Waals surface area contributed by atoms with Crippen LogP contribution >= 0.6 is 11.3 Å². The third-order valence-corrected chi connectivity index (χ3v) is 5.00. The zero-order chi connectivity index (χ0) is 20.3. The predicted molar refractivity (Wildman–Crippen MR) is 97.9 cm³/mol. The van der Waals surface area contributed by atoms with Crippen molar-refractivity contribution in [1.82, 2.24) is 4.57 Å². The normalized spacial score (nSPS) is 11.1. The number of aromatic nitrogens is 1. The van der Waals surface area contributed by atoms with E-state index in [1.807, 2.05) is 0 Å². The highest BCUT2D eigenvalue weighted by Gasteiger charge is 2.12. The van der Waals surface area contributed by atoms with Gasteiger partial charge in [0.05, 0.1) is 11.1 Å². The van der Waals surface area contributed by atoms with Crippen LogP contribution in [0.5, 0.6) is 0 Å². The Labute approximate surface area is 161 Å². The van der Waals surface area contributed by atoms with Crippen LogP contribution in [0, 0.1) is 40.1 Å². The van der Waals surface area contributed by atoms with Gasteiger partial charge < -0.3 is 0 Å². The number of thiazole rings is 1. The summed E-state index contributed by atoms with van der Waals surface area (Å²) in [5.41, 5.74) is -0.758. The van der Waals surface area contributed by atoms with Gasteiger partial charge in [-0.2, -0.15) is 10.5 Å². The van der Waals surface area contributed by atoms with Crippen LogP contribution in [-0.2, 0) is 6.54 Å². The van der Waals surface area contributed by atoms with Crippen LogP contribution in [0.15, 0.2) is 47.3 Å². The predicted octanol–water partition coefficient (Wildman–Crippen LogP) is 2.40. The fourth-order valence-corrected chi connectivity index (χ4v) is 3.56. The topological polar surface area (TPSA) is 69.6 Å². The van der Waals surface area contributed by atoms with Gasteiger partial charge in [-0.1, -0.05) is 18.2 Å². The second-order valence-corrected chi connectivity index (χ2v) is 6.70. The van der Waals surface area contributed by atoms with E-state index >= 15 is 0 Å². The zero-order valence-corrected chi connectivity index (χ0v) is 14.9. The Bertz CT molecular complexity index is 1270. The number of hydrogen-bond donors (Lipinski definition) is 0. The number of rotatable bonds is 3. The quantitative estimate of drug-likeness (QED) is 0.682. The molecule has 8 heteroatoms. The molecule has 0 saturated heterocycles. The summed E-state index contributed by atoms with van der Waals surface area (Å²) in [5.74, 6) is -2.14. The molecule has 0 aliphatic rings. The highest BCUT2D eigenvalue weighted by Crippen LogP contribution is 2.12. The minimum absolute atomic E-state index is 0.0363. The fraction of sp³-hybridized carbons (Fsp3) is 0.0500. The average Bonchev–Trinajstić information content (AvgIpc) is 2.97. The maximum atomic E-state index is 13.9. The third-order valence-electron chi connectivity index (χ3n) is 3.87. The Morgan fingerprint density at radius 2 is 1.64 bits per heavy atom. The standard InChI is InChI=1S/C20H10F3N3OS/c21-14-6-4-12(5-7-14)11-26-19(27)18(28-20(26)13(9-24)10-25)8-15-16(22)2-1-3-17(15)23/h1-8H,11H2/b18-8+. The first-order chi connectivity index (χ1) is 13.4. The number of hydrogen-bond acceptors (Lipinski definition) is 4. The molecule has 0 atom stereocenters. The summed E-state index contributed by atoms with van der Waals surface area (Å²) < 4.78 is 42.1. The van der Waals surface area contributed by atoms with Gasteiger partial charge in [0.15, 0.2) is 5.57 Å². The summed E-state index contributed by atoms with van der Waals surface area (Å²) in [6.45, 7) is -0.0363. The highest BCUT2D eigenvalue weighted by molar-refractivity contribution is 7.07. The van der Waals surface area contributed by atoms with Gasteiger partial charge in [0.2, 0.25) is 0 Å². The lowest BCUT2D eigenvalue weighted by atomic mass is 10.2. The summed E-state index contributed by atoms with van der Waals surface area (Å²) in [7, 11) is 0. The molecule has 0 N–H and O–H groups in total. The Morgan fingerprint density at radius 3 is 2.21 bits per heavy atom. The summed E-state index contributed by atoms with van der Waals surface area (Å²) in [5, 5.41) is 18.4. The Morgan fingerprint density at radius 1 is 1.04 bits per heavy atom. The largest absolute Gasteiger partial charge is 0.293 e. The molecule has 4 nitrogen and oxygen atoms in total.